The Morgan fingerprint density at radius 3 is 2.33 bits per heavy atom. The van der Waals surface area contributed by atoms with Crippen LogP contribution in [0.2, 0.25) is 0 Å². The van der Waals surface area contributed by atoms with Crippen molar-refractivity contribution in [3.05, 3.63) is 52.2 Å². The average Bonchev–Trinajstić information content (AvgIpc) is 2.98. The monoisotopic (exact) mass is 342 g/mol. The topological polar surface area (TPSA) is 51.5 Å². The summed E-state index contributed by atoms with van der Waals surface area (Å²) in [6.07, 6.45) is 1.79. The van der Waals surface area contributed by atoms with Crippen LogP contribution in [0.3, 0.4) is 0 Å². The number of likely N-dealkylation sites (N-methyl/N-ethyl adjacent to an activating group) is 1. The first-order valence-electron chi connectivity index (χ1n) is 7.47. The second kappa shape index (κ2) is 6.20. The van der Waals surface area contributed by atoms with Crippen LogP contribution >= 0.6 is 11.8 Å². The fraction of sp³-hybridized carbons (Fsp3) is 0.222. The number of imide groups is 1. The van der Waals surface area contributed by atoms with E-state index in [4.69, 9.17) is 4.74 Å². The molecule has 0 N–H and O–H groups in total. The summed E-state index contributed by atoms with van der Waals surface area (Å²) in [7, 11) is 3.14. The van der Waals surface area contributed by atoms with Crippen LogP contribution in [0.5, 0.6) is 5.75 Å². The molecule has 0 atom stereocenters. The minimum absolute atomic E-state index is 0.241. The van der Waals surface area contributed by atoms with Gasteiger partial charge in [-0.15, -0.1) is 0 Å². The Labute approximate surface area is 144 Å². The molecule has 1 aliphatic rings. The van der Waals surface area contributed by atoms with Crippen LogP contribution in [0.1, 0.15) is 17.0 Å². The number of rotatable bonds is 3. The summed E-state index contributed by atoms with van der Waals surface area (Å²) >= 11 is 0.974. The zero-order valence-corrected chi connectivity index (χ0v) is 14.8. The number of thioether (sulfide) groups is 1. The normalized spacial score (nSPS) is 16.3. The van der Waals surface area contributed by atoms with Crippen molar-refractivity contribution >= 4 is 29.0 Å². The van der Waals surface area contributed by atoms with Gasteiger partial charge in [-0.2, -0.15) is 0 Å². The van der Waals surface area contributed by atoms with E-state index in [1.807, 2.05) is 44.2 Å². The van der Waals surface area contributed by atoms with Crippen LogP contribution in [-0.2, 0) is 4.79 Å². The predicted molar refractivity (Wildman–Crippen MR) is 95.5 cm³/mol. The number of benzene rings is 1. The minimum Gasteiger partial charge on any atom is -0.497 e. The van der Waals surface area contributed by atoms with E-state index < -0.39 is 0 Å². The molecule has 0 radical (unpaired) electrons. The van der Waals surface area contributed by atoms with Gasteiger partial charge in [-0.1, -0.05) is 0 Å². The Bertz CT molecular complexity index is 850. The van der Waals surface area contributed by atoms with Crippen molar-refractivity contribution in [3.8, 4) is 11.4 Å². The molecule has 1 aliphatic heterocycles. The molecule has 2 amide bonds. The SMILES string of the molecule is COc1ccc(-n2c(C)cc(/C=C3\SC(=O)N(C)C3=O)c2C)cc1. The number of hydrogen-bond donors (Lipinski definition) is 0. The molecule has 0 spiro atoms. The Morgan fingerprint density at radius 2 is 1.79 bits per heavy atom. The van der Waals surface area contributed by atoms with Gasteiger partial charge in [0.15, 0.2) is 0 Å². The van der Waals surface area contributed by atoms with Crippen LogP contribution < -0.4 is 4.74 Å². The molecular formula is C18H18N2O3S. The highest BCUT2D eigenvalue weighted by Gasteiger charge is 2.32. The largest absolute Gasteiger partial charge is 0.497 e. The first-order valence-corrected chi connectivity index (χ1v) is 8.29. The van der Waals surface area contributed by atoms with Crippen molar-refractivity contribution < 1.29 is 14.3 Å². The molecule has 6 heteroatoms. The summed E-state index contributed by atoms with van der Waals surface area (Å²) in [5.74, 6) is 0.553. The maximum atomic E-state index is 12.1. The second-order valence-corrected chi connectivity index (χ2v) is 6.59. The molecule has 2 heterocycles. The zero-order valence-electron chi connectivity index (χ0n) is 14.0. The van der Waals surface area contributed by atoms with Gasteiger partial charge in [-0.25, -0.2) is 0 Å². The van der Waals surface area contributed by atoms with Gasteiger partial charge >= 0.3 is 0 Å². The number of nitrogens with zero attached hydrogens (tertiary/aromatic N) is 2. The lowest BCUT2D eigenvalue weighted by Crippen LogP contribution is -2.22. The Kier molecular flexibility index (Phi) is 4.24. The van der Waals surface area contributed by atoms with Crippen LogP contribution in [0, 0.1) is 13.8 Å². The molecular weight excluding hydrogens is 324 g/mol. The van der Waals surface area contributed by atoms with Gasteiger partial charge in [-0.05, 0) is 67.6 Å². The molecule has 1 aromatic heterocycles. The zero-order chi connectivity index (χ0) is 17.4. The van der Waals surface area contributed by atoms with E-state index in [1.54, 1.807) is 13.2 Å². The minimum atomic E-state index is -0.251. The lowest BCUT2D eigenvalue weighted by molar-refractivity contribution is -0.121. The summed E-state index contributed by atoms with van der Waals surface area (Å²) in [5, 5.41) is -0.241. The molecule has 0 aliphatic carbocycles. The van der Waals surface area contributed by atoms with Crippen molar-refractivity contribution in [2.75, 3.05) is 14.2 Å². The van der Waals surface area contributed by atoms with Crippen molar-refractivity contribution in [1.29, 1.82) is 0 Å². The summed E-state index contributed by atoms with van der Waals surface area (Å²) in [4.78, 5) is 25.3. The van der Waals surface area contributed by atoms with Crippen molar-refractivity contribution in [2.45, 2.75) is 13.8 Å². The van der Waals surface area contributed by atoms with Gasteiger partial charge in [0.25, 0.3) is 11.1 Å². The van der Waals surface area contributed by atoms with Gasteiger partial charge in [0.2, 0.25) is 0 Å². The van der Waals surface area contributed by atoms with E-state index in [1.165, 1.54) is 7.05 Å². The van der Waals surface area contributed by atoms with Gasteiger partial charge in [0.05, 0.1) is 12.0 Å². The van der Waals surface area contributed by atoms with Crippen LogP contribution in [0.15, 0.2) is 35.2 Å². The number of amides is 2. The number of aryl methyl sites for hydroxylation is 1. The Balaban J connectivity index is 2.01. The fourth-order valence-electron chi connectivity index (χ4n) is 2.75. The summed E-state index contributed by atoms with van der Waals surface area (Å²) in [5.41, 5.74) is 4.02. The smallest absolute Gasteiger partial charge is 0.293 e. The highest BCUT2D eigenvalue weighted by Crippen LogP contribution is 2.32. The Hall–Kier alpha value is -2.47. The fourth-order valence-corrected chi connectivity index (χ4v) is 3.57. The van der Waals surface area contributed by atoms with Gasteiger partial charge in [0, 0.05) is 24.1 Å². The van der Waals surface area contributed by atoms with E-state index in [0.717, 1.165) is 45.1 Å². The van der Waals surface area contributed by atoms with Gasteiger partial charge in [-0.3, -0.25) is 14.5 Å². The number of hydrogen-bond acceptors (Lipinski definition) is 4. The third-order valence-electron chi connectivity index (χ3n) is 4.07. The van der Waals surface area contributed by atoms with E-state index in [9.17, 15) is 9.59 Å². The molecule has 5 nitrogen and oxygen atoms in total. The molecule has 1 saturated heterocycles. The summed E-state index contributed by atoms with van der Waals surface area (Å²) in [6.45, 7) is 4.01. The van der Waals surface area contributed by atoms with Gasteiger partial charge < -0.3 is 9.30 Å². The molecule has 2 aromatic rings. The quantitative estimate of drug-likeness (QED) is 0.797. The van der Waals surface area contributed by atoms with Crippen molar-refractivity contribution in [3.63, 3.8) is 0 Å². The highest BCUT2D eigenvalue weighted by molar-refractivity contribution is 8.18. The lowest BCUT2D eigenvalue weighted by Gasteiger charge is -2.10. The number of ether oxygens (including phenoxy) is 1. The first kappa shape index (κ1) is 16.4. The maximum absolute atomic E-state index is 12.1. The molecule has 1 aromatic carbocycles. The summed E-state index contributed by atoms with van der Waals surface area (Å²) < 4.78 is 7.31. The average molecular weight is 342 g/mol. The standard InChI is InChI=1S/C18H18N2O3S/c1-11-9-13(10-16-17(21)19(3)18(22)24-16)12(2)20(11)14-5-7-15(23-4)8-6-14/h5-10H,1-4H3/b16-10-. The van der Waals surface area contributed by atoms with E-state index >= 15 is 0 Å². The Morgan fingerprint density at radius 1 is 1.12 bits per heavy atom. The first-order chi connectivity index (χ1) is 11.4. The number of carbonyl (C=O) groups excluding carboxylic acids is 2. The van der Waals surface area contributed by atoms with Crippen LogP contribution in [0.4, 0.5) is 4.79 Å². The van der Waals surface area contributed by atoms with Crippen LogP contribution in [0.25, 0.3) is 11.8 Å². The molecule has 0 bridgehead atoms. The van der Waals surface area contributed by atoms with Crippen molar-refractivity contribution in [1.82, 2.24) is 9.47 Å². The van der Waals surface area contributed by atoms with E-state index in [2.05, 4.69) is 4.57 Å². The molecule has 124 valence electrons. The second-order valence-electron chi connectivity index (χ2n) is 5.60. The predicted octanol–water partition coefficient (Wildman–Crippen LogP) is 3.77. The molecule has 24 heavy (non-hydrogen) atoms. The number of carbonyl (C=O) groups is 2. The van der Waals surface area contributed by atoms with E-state index in [-0.39, 0.29) is 11.1 Å². The highest BCUT2D eigenvalue weighted by atomic mass is 32.2. The van der Waals surface area contributed by atoms with Crippen molar-refractivity contribution in [2.24, 2.45) is 0 Å². The summed E-state index contributed by atoms with van der Waals surface area (Å²) in [6, 6.07) is 9.82. The lowest BCUT2D eigenvalue weighted by atomic mass is 10.2. The maximum Gasteiger partial charge on any atom is 0.293 e. The third kappa shape index (κ3) is 2.73. The number of methoxy groups -OCH3 is 1. The van der Waals surface area contributed by atoms with E-state index in [0.29, 0.717) is 4.91 Å². The molecule has 0 unspecified atom stereocenters. The van der Waals surface area contributed by atoms with Crippen LogP contribution in [-0.4, -0.2) is 34.8 Å². The number of aromatic nitrogens is 1. The van der Waals surface area contributed by atoms with Gasteiger partial charge in [0.1, 0.15) is 5.75 Å². The third-order valence-corrected chi connectivity index (χ3v) is 5.03. The molecule has 3 rings (SSSR count). The molecule has 1 fully saturated rings. The molecule has 0 saturated carbocycles.